The van der Waals surface area contributed by atoms with E-state index in [0.29, 0.717) is 0 Å². The average Bonchev–Trinajstić information content (AvgIpc) is 2.77. The third-order valence-electron chi connectivity index (χ3n) is 4.61. The van der Waals surface area contributed by atoms with Crippen LogP contribution in [0.2, 0.25) is 0 Å². The van der Waals surface area contributed by atoms with E-state index in [1.54, 1.807) is 0 Å². The van der Waals surface area contributed by atoms with Crippen LogP contribution >= 0.6 is 0 Å². The summed E-state index contributed by atoms with van der Waals surface area (Å²) in [5.74, 6) is 0. The van der Waals surface area contributed by atoms with Gasteiger partial charge in [0, 0.05) is 11.6 Å². The van der Waals surface area contributed by atoms with Crippen molar-refractivity contribution >= 4 is 6.21 Å². The van der Waals surface area contributed by atoms with Crippen LogP contribution in [0.25, 0.3) is 11.1 Å². The molecule has 2 aromatic carbocycles. The quantitative estimate of drug-likeness (QED) is 0.598. The minimum Gasteiger partial charge on any atom is -0.309 e. The van der Waals surface area contributed by atoms with Gasteiger partial charge in [-0.15, -0.1) is 0 Å². The van der Waals surface area contributed by atoms with Crippen LogP contribution in [0, 0.1) is 12.3 Å². The summed E-state index contributed by atoms with van der Waals surface area (Å²) in [6.07, 6.45) is 5.07. The smallest absolute Gasteiger partial charge is 0.0435 e. The van der Waals surface area contributed by atoms with Gasteiger partial charge in [-0.25, -0.2) is 0 Å². The van der Waals surface area contributed by atoms with Crippen molar-refractivity contribution in [1.29, 1.82) is 5.41 Å². The Morgan fingerprint density at radius 2 is 1.81 bits per heavy atom. The highest BCUT2D eigenvalue weighted by Crippen LogP contribution is 2.53. The highest BCUT2D eigenvalue weighted by Gasteiger charge is 2.41. The van der Waals surface area contributed by atoms with Crippen molar-refractivity contribution in [2.45, 2.75) is 19.3 Å². The molecule has 0 spiro atoms. The summed E-state index contributed by atoms with van der Waals surface area (Å²) in [6.45, 7) is 8.36. The Morgan fingerprint density at radius 1 is 1.10 bits per heavy atom. The molecule has 1 atom stereocenters. The largest absolute Gasteiger partial charge is 0.309 e. The molecule has 104 valence electrons. The number of hydrogen-bond donors (Lipinski definition) is 1. The van der Waals surface area contributed by atoms with Crippen molar-refractivity contribution < 1.29 is 0 Å². The molecular weight excluding hydrogens is 254 g/mol. The average molecular weight is 273 g/mol. The van der Waals surface area contributed by atoms with Gasteiger partial charge in [0.25, 0.3) is 0 Å². The van der Waals surface area contributed by atoms with Gasteiger partial charge in [0.2, 0.25) is 0 Å². The molecule has 0 saturated carbocycles. The Hall–Kier alpha value is -2.41. The lowest BCUT2D eigenvalue weighted by Gasteiger charge is -2.29. The SMILES string of the molecule is C=C/C(=C\C=N)C1(C)c2ccccc2-c2c(C)cccc21. The molecule has 0 fully saturated rings. The van der Waals surface area contributed by atoms with E-state index in [9.17, 15) is 0 Å². The van der Waals surface area contributed by atoms with Crippen LogP contribution < -0.4 is 0 Å². The zero-order valence-electron chi connectivity index (χ0n) is 12.5. The predicted octanol–water partition coefficient (Wildman–Crippen LogP) is 5.04. The molecule has 0 aromatic heterocycles. The summed E-state index contributed by atoms with van der Waals surface area (Å²) < 4.78 is 0. The molecule has 2 aromatic rings. The lowest BCUT2D eigenvalue weighted by Crippen LogP contribution is -2.23. The highest BCUT2D eigenvalue weighted by molar-refractivity contribution is 5.86. The fourth-order valence-electron chi connectivity index (χ4n) is 3.56. The maximum atomic E-state index is 7.45. The van der Waals surface area contributed by atoms with Crippen LogP contribution in [0.3, 0.4) is 0 Å². The van der Waals surface area contributed by atoms with Crippen LogP contribution in [0.15, 0.2) is 66.8 Å². The van der Waals surface area contributed by atoms with E-state index < -0.39 is 0 Å². The lowest BCUT2D eigenvalue weighted by atomic mass is 9.73. The minimum absolute atomic E-state index is 0.239. The van der Waals surface area contributed by atoms with E-state index in [0.717, 1.165) is 5.57 Å². The topological polar surface area (TPSA) is 23.9 Å². The molecule has 0 radical (unpaired) electrons. The predicted molar refractivity (Wildman–Crippen MR) is 90.1 cm³/mol. The van der Waals surface area contributed by atoms with Crippen molar-refractivity contribution in [1.82, 2.24) is 0 Å². The summed E-state index contributed by atoms with van der Waals surface area (Å²) in [4.78, 5) is 0. The Labute approximate surface area is 126 Å². The molecule has 1 heteroatoms. The molecule has 0 bridgehead atoms. The third kappa shape index (κ3) is 1.74. The number of fused-ring (bicyclic) bond motifs is 3. The molecule has 0 amide bonds. The molecule has 3 rings (SSSR count). The first-order chi connectivity index (χ1) is 10.1. The monoisotopic (exact) mass is 273 g/mol. The van der Waals surface area contributed by atoms with Gasteiger partial charge in [-0.2, -0.15) is 0 Å². The van der Waals surface area contributed by atoms with Gasteiger partial charge in [0.1, 0.15) is 0 Å². The first kappa shape index (κ1) is 13.6. The fourth-order valence-corrected chi connectivity index (χ4v) is 3.56. The first-order valence-corrected chi connectivity index (χ1v) is 7.18. The fraction of sp³-hybridized carbons (Fsp3) is 0.150. The van der Waals surface area contributed by atoms with Gasteiger partial charge in [-0.1, -0.05) is 55.1 Å². The molecular formula is C20H19N. The van der Waals surface area contributed by atoms with E-state index in [1.807, 2.05) is 12.2 Å². The maximum Gasteiger partial charge on any atom is 0.0435 e. The number of aryl methyl sites for hydroxylation is 1. The number of rotatable bonds is 3. The van der Waals surface area contributed by atoms with Crippen molar-refractivity contribution in [2.24, 2.45) is 0 Å². The third-order valence-corrected chi connectivity index (χ3v) is 4.61. The molecule has 1 N–H and O–H groups in total. The van der Waals surface area contributed by atoms with Crippen molar-refractivity contribution in [3.05, 3.63) is 83.5 Å². The standard InChI is InChI=1S/C20H19N/c1-4-15(12-13-21)20(3)17-10-6-5-9-16(17)19-14(2)8-7-11-18(19)20/h4-13,21H,1H2,2-3H3/b15-12+,21-13?. The summed E-state index contributed by atoms with van der Waals surface area (Å²) in [6, 6.07) is 15.0. The molecule has 0 heterocycles. The number of benzene rings is 2. The Kier molecular flexibility index (Phi) is 3.13. The second-order valence-corrected chi connectivity index (χ2v) is 5.66. The molecule has 1 aliphatic rings. The van der Waals surface area contributed by atoms with Crippen LogP contribution in [0.4, 0.5) is 0 Å². The molecule has 1 nitrogen and oxygen atoms in total. The van der Waals surface area contributed by atoms with Crippen molar-refractivity contribution in [3.63, 3.8) is 0 Å². The summed E-state index contributed by atoms with van der Waals surface area (Å²) in [7, 11) is 0. The van der Waals surface area contributed by atoms with Gasteiger partial charge in [0.05, 0.1) is 0 Å². The molecule has 0 aliphatic heterocycles. The van der Waals surface area contributed by atoms with Crippen LogP contribution in [-0.4, -0.2) is 6.21 Å². The van der Waals surface area contributed by atoms with Crippen LogP contribution in [0.1, 0.15) is 23.6 Å². The Bertz CT molecular complexity index is 767. The van der Waals surface area contributed by atoms with E-state index >= 15 is 0 Å². The number of allylic oxidation sites excluding steroid dienone is 3. The van der Waals surface area contributed by atoms with Gasteiger partial charge < -0.3 is 5.41 Å². The van der Waals surface area contributed by atoms with Gasteiger partial charge in [-0.05, 0) is 53.3 Å². The summed E-state index contributed by atoms with van der Waals surface area (Å²) in [5, 5.41) is 7.45. The van der Waals surface area contributed by atoms with Crippen LogP contribution in [0.5, 0.6) is 0 Å². The van der Waals surface area contributed by atoms with E-state index in [2.05, 4.69) is 62.9 Å². The first-order valence-electron chi connectivity index (χ1n) is 7.18. The normalized spacial score (nSPS) is 19.8. The van der Waals surface area contributed by atoms with Gasteiger partial charge >= 0.3 is 0 Å². The lowest BCUT2D eigenvalue weighted by molar-refractivity contribution is 0.713. The second kappa shape index (κ2) is 4.85. The summed E-state index contributed by atoms with van der Waals surface area (Å²) >= 11 is 0. The van der Waals surface area contributed by atoms with Crippen LogP contribution in [-0.2, 0) is 5.41 Å². The molecule has 0 saturated heterocycles. The Balaban J connectivity index is 2.43. The molecule has 1 unspecified atom stereocenters. The maximum absolute atomic E-state index is 7.45. The zero-order valence-corrected chi connectivity index (χ0v) is 12.5. The van der Waals surface area contributed by atoms with Gasteiger partial charge in [-0.3, -0.25) is 0 Å². The Morgan fingerprint density at radius 3 is 2.52 bits per heavy atom. The van der Waals surface area contributed by atoms with E-state index in [-0.39, 0.29) is 5.41 Å². The second-order valence-electron chi connectivity index (χ2n) is 5.66. The zero-order chi connectivity index (χ0) is 15.0. The van der Waals surface area contributed by atoms with Crippen molar-refractivity contribution in [3.8, 4) is 11.1 Å². The minimum atomic E-state index is -0.239. The molecule has 21 heavy (non-hydrogen) atoms. The van der Waals surface area contributed by atoms with E-state index in [4.69, 9.17) is 5.41 Å². The highest BCUT2D eigenvalue weighted by atomic mass is 14.4. The number of hydrogen-bond acceptors (Lipinski definition) is 1. The summed E-state index contributed by atoms with van der Waals surface area (Å²) in [5.41, 5.74) is 7.34. The van der Waals surface area contributed by atoms with Crippen molar-refractivity contribution in [2.75, 3.05) is 0 Å². The molecule has 1 aliphatic carbocycles. The number of nitrogens with one attached hydrogen (secondary N) is 1. The van der Waals surface area contributed by atoms with Gasteiger partial charge in [0.15, 0.2) is 0 Å². The van der Waals surface area contributed by atoms with E-state index in [1.165, 1.54) is 34.0 Å².